The van der Waals surface area contributed by atoms with E-state index in [0.717, 1.165) is 11.3 Å². The molecule has 0 bridgehead atoms. The number of amides is 1. The maximum atomic E-state index is 12.3. The summed E-state index contributed by atoms with van der Waals surface area (Å²) in [5, 5.41) is 9.72. The second-order valence-corrected chi connectivity index (χ2v) is 9.10. The van der Waals surface area contributed by atoms with Gasteiger partial charge >= 0.3 is 6.01 Å². The average molecular weight is 415 g/mol. The van der Waals surface area contributed by atoms with Gasteiger partial charge in [-0.05, 0) is 55.8 Å². The van der Waals surface area contributed by atoms with Crippen LogP contribution in [0.25, 0.3) is 0 Å². The third-order valence-electron chi connectivity index (χ3n) is 4.27. The molecule has 29 heavy (non-hydrogen) atoms. The maximum absolute atomic E-state index is 12.3. The van der Waals surface area contributed by atoms with Crippen LogP contribution in [0.5, 0.6) is 5.75 Å². The Labute approximate surface area is 168 Å². The molecule has 9 heteroatoms. The summed E-state index contributed by atoms with van der Waals surface area (Å²) in [6, 6.07) is 13.1. The summed E-state index contributed by atoms with van der Waals surface area (Å²) >= 11 is 0. The fraction of sp³-hybridized carbons (Fsp3) is 0.250. The number of rotatable bonds is 7. The quantitative estimate of drug-likeness (QED) is 0.631. The molecule has 1 aromatic heterocycles. The van der Waals surface area contributed by atoms with Gasteiger partial charge in [-0.15, -0.1) is 5.10 Å². The van der Waals surface area contributed by atoms with Gasteiger partial charge in [0.1, 0.15) is 5.75 Å². The van der Waals surface area contributed by atoms with Crippen molar-refractivity contribution in [3.63, 3.8) is 0 Å². The molecule has 3 rings (SSSR count). The van der Waals surface area contributed by atoms with Gasteiger partial charge in [0, 0.05) is 5.56 Å². The van der Waals surface area contributed by atoms with Crippen LogP contribution >= 0.6 is 0 Å². The number of sulfone groups is 1. The molecule has 0 saturated heterocycles. The Morgan fingerprint density at radius 2 is 1.72 bits per heavy atom. The van der Waals surface area contributed by atoms with Crippen LogP contribution in [0.15, 0.2) is 57.8 Å². The molecule has 1 amide bonds. The molecule has 0 atom stereocenters. The number of methoxy groups -OCH3 is 1. The maximum Gasteiger partial charge on any atom is 0.322 e. The number of ether oxygens (including phenoxy) is 1. The number of hydrogen-bond donors (Lipinski definition) is 1. The zero-order valence-electron chi connectivity index (χ0n) is 16.2. The van der Waals surface area contributed by atoms with Crippen molar-refractivity contribution in [1.82, 2.24) is 10.2 Å². The zero-order valence-corrected chi connectivity index (χ0v) is 17.1. The normalized spacial score (nSPS) is 11.4. The lowest BCUT2D eigenvalue weighted by Gasteiger charge is -2.08. The number of anilines is 1. The molecule has 0 saturated carbocycles. The largest absolute Gasteiger partial charge is 0.497 e. The number of carbonyl (C=O) groups excluding carboxylic acids is 1. The minimum Gasteiger partial charge on any atom is -0.497 e. The smallest absolute Gasteiger partial charge is 0.322 e. The minimum atomic E-state index is -3.39. The highest BCUT2D eigenvalue weighted by molar-refractivity contribution is 7.92. The van der Waals surface area contributed by atoms with Crippen molar-refractivity contribution >= 4 is 21.8 Å². The van der Waals surface area contributed by atoms with E-state index in [-0.39, 0.29) is 16.5 Å². The van der Waals surface area contributed by atoms with E-state index in [2.05, 4.69) is 15.5 Å². The van der Waals surface area contributed by atoms with E-state index in [1.54, 1.807) is 21.0 Å². The summed E-state index contributed by atoms with van der Waals surface area (Å²) in [4.78, 5) is 12.5. The van der Waals surface area contributed by atoms with Crippen molar-refractivity contribution < 1.29 is 22.4 Å². The molecular weight excluding hydrogens is 394 g/mol. The van der Waals surface area contributed by atoms with Gasteiger partial charge in [-0.1, -0.05) is 17.2 Å². The highest BCUT2D eigenvalue weighted by atomic mass is 32.2. The van der Waals surface area contributed by atoms with E-state index >= 15 is 0 Å². The monoisotopic (exact) mass is 415 g/mol. The van der Waals surface area contributed by atoms with Gasteiger partial charge in [0.2, 0.25) is 5.89 Å². The van der Waals surface area contributed by atoms with E-state index < -0.39 is 21.0 Å². The number of nitrogens with one attached hydrogen (secondary N) is 1. The van der Waals surface area contributed by atoms with Gasteiger partial charge in [-0.2, -0.15) is 0 Å². The number of benzene rings is 2. The molecular formula is C20H21N3O5S. The Morgan fingerprint density at radius 1 is 1.07 bits per heavy atom. The summed E-state index contributed by atoms with van der Waals surface area (Å²) in [5.74, 6) is 0.626. The van der Waals surface area contributed by atoms with Crippen LogP contribution in [-0.2, 0) is 16.3 Å². The Kier molecular flexibility index (Phi) is 5.97. The summed E-state index contributed by atoms with van der Waals surface area (Å²) in [7, 11) is -1.79. The Hall–Kier alpha value is -3.20. The standard InChI is InChI=1S/C20H21N3O5S/c1-13(2)29(25,26)17-10-6-15(7-11-17)19(24)21-20-23-22-18(28-20)12-14-4-8-16(27-3)9-5-14/h4-11,13H,12H2,1-3H3,(H,21,23,24). The van der Waals surface area contributed by atoms with Gasteiger partial charge in [0.05, 0.1) is 23.7 Å². The summed E-state index contributed by atoms with van der Waals surface area (Å²) < 4.78 is 34.9. The lowest BCUT2D eigenvalue weighted by molar-refractivity contribution is 0.102. The summed E-state index contributed by atoms with van der Waals surface area (Å²) in [6.07, 6.45) is 0.411. The molecule has 1 N–H and O–H groups in total. The first kappa shape index (κ1) is 20.5. The molecule has 0 aliphatic rings. The Bertz CT molecular complexity index is 1090. The van der Waals surface area contributed by atoms with E-state index in [9.17, 15) is 13.2 Å². The van der Waals surface area contributed by atoms with Crippen LogP contribution in [0, 0.1) is 0 Å². The third kappa shape index (κ3) is 4.80. The fourth-order valence-corrected chi connectivity index (χ4v) is 3.59. The molecule has 152 valence electrons. The second kappa shape index (κ2) is 8.44. The predicted molar refractivity (Wildman–Crippen MR) is 107 cm³/mol. The fourth-order valence-electron chi connectivity index (χ4n) is 2.53. The third-order valence-corrected chi connectivity index (χ3v) is 6.44. The molecule has 8 nitrogen and oxygen atoms in total. The van der Waals surface area contributed by atoms with Gasteiger partial charge in [-0.3, -0.25) is 10.1 Å². The Balaban J connectivity index is 1.65. The molecule has 3 aromatic rings. The molecule has 0 spiro atoms. The van der Waals surface area contributed by atoms with E-state index in [0.29, 0.717) is 12.3 Å². The van der Waals surface area contributed by atoms with Gasteiger partial charge in [-0.25, -0.2) is 8.42 Å². The highest BCUT2D eigenvalue weighted by Crippen LogP contribution is 2.18. The first-order valence-corrected chi connectivity index (χ1v) is 10.4. The molecule has 0 aliphatic heterocycles. The minimum absolute atomic E-state index is 0.0302. The van der Waals surface area contributed by atoms with Crippen molar-refractivity contribution in [2.24, 2.45) is 0 Å². The van der Waals surface area contributed by atoms with Crippen molar-refractivity contribution in [3.8, 4) is 5.75 Å². The molecule has 0 fully saturated rings. The SMILES string of the molecule is COc1ccc(Cc2nnc(NC(=O)c3ccc(S(=O)(=O)C(C)C)cc3)o2)cc1. The first-order chi connectivity index (χ1) is 13.8. The van der Waals surface area contributed by atoms with Crippen LogP contribution in [0.3, 0.4) is 0 Å². The number of carbonyl (C=O) groups is 1. The average Bonchev–Trinajstić information content (AvgIpc) is 3.15. The lowest BCUT2D eigenvalue weighted by Crippen LogP contribution is -2.15. The summed E-state index contributed by atoms with van der Waals surface area (Å²) in [6.45, 7) is 3.21. The van der Waals surface area contributed by atoms with Crippen molar-refractivity contribution in [2.45, 2.75) is 30.4 Å². The number of hydrogen-bond acceptors (Lipinski definition) is 7. The summed E-state index contributed by atoms with van der Waals surface area (Å²) in [5.41, 5.74) is 1.23. The number of nitrogens with zero attached hydrogens (tertiary/aromatic N) is 2. The first-order valence-electron chi connectivity index (χ1n) is 8.90. The van der Waals surface area contributed by atoms with Crippen molar-refractivity contribution in [2.75, 3.05) is 12.4 Å². The van der Waals surface area contributed by atoms with Crippen LogP contribution in [0.4, 0.5) is 6.01 Å². The van der Waals surface area contributed by atoms with Gasteiger partial charge in [0.25, 0.3) is 5.91 Å². The molecule has 0 unspecified atom stereocenters. The molecule has 1 heterocycles. The zero-order chi connectivity index (χ0) is 21.0. The van der Waals surface area contributed by atoms with Crippen LogP contribution in [0.1, 0.15) is 35.7 Å². The lowest BCUT2D eigenvalue weighted by atomic mass is 10.1. The van der Waals surface area contributed by atoms with Crippen LogP contribution < -0.4 is 10.1 Å². The van der Waals surface area contributed by atoms with E-state index in [4.69, 9.17) is 9.15 Å². The van der Waals surface area contributed by atoms with Crippen molar-refractivity contribution in [3.05, 3.63) is 65.5 Å². The molecule has 0 radical (unpaired) electrons. The van der Waals surface area contributed by atoms with E-state index in [1.165, 1.54) is 24.3 Å². The predicted octanol–water partition coefficient (Wildman–Crippen LogP) is 3.10. The number of aromatic nitrogens is 2. The van der Waals surface area contributed by atoms with Gasteiger partial charge < -0.3 is 9.15 Å². The van der Waals surface area contributed by atoms with Gasteiger partial charge in [0.15, 0.2) is 9.84 Å². The highest BCUT2D eigenvalue weighted by Gasteiger charge is 2.20. The molecule has 2 aromatic carbocycles. The molecule has 0 aliphatic carbocycles. The second-order valence-electron chi connectivity index (χ2n) is 6.60. The topological polar surface area (TPSA) is 111 Å². The van der Waals surface area contributed by atoms with Crippen LogP contribution in [-0.4, -0.2) is 36.9 Å². The Morgan fingerprint density at radius 3 is 2.31 bits per heavy atom. The van der Waals surface area contributed by atoms with Crippen molar-refractivity contribution in [1.29, 1.82) is 0 Å². The van der Waals surface area contributed by atoms with E-state index in [1.807, 2.05) is 24.3 Å². The van der Waals surface area contributed by atoms with Crippen LogP contribution in [0.2, 0.25) is 0 Å².